The van der Waals surface area contributed by atoms with Crippen LogP contribution in [0.4, 0.5) is 0 Å². The van der Waals surface area contributed by atoms with E-state index in [4.69, 9.17) is 0 Å². The molecule has 7 heteroatoms. The van der Waals surface area contributed by atoms with Crippen LogP contribution in [0.5, 0.6) is 5.75 Å². The summed E-state index contributed by atoms with van der Waals surface area (Å²) in [6.45, 7) is 3.80. The number of rotatable bonds is 5. The number of phenols is 1. The Balaban J connectivity index is 2.02. The lowest BCUT2D eigenvalue weighted by Crippen LogP contribution is -2.23. The third-order valence-electron chi connectivity index (χ3n) is 3.91. The molecule has 6 nitrogen and oxygen atoms in total. The van der Waals surface area contributed by atoms with Gasteiger partial charge in [-0.1, -0.05) is 18.6 Å². The summed E-state index contributed by atoms with van der Waals surface area (Å²) in [6.07, 6.45) is 1.23. The van der Waals surface area contributed by atoms with Gasteiger partial charge in [-0.25, -0.2) is 13.8 Å². The minimum atomic E-state index is -2.98. The molecule has 0 bridgehead atoms. The van der Waals surface area contributed by atoms with Gasteiger partial charge in [0.25, 0.3) is 0 Å². The van der Waals surface area contributed by atoms with E-state index in [1.165, 1.54) is 0 Å². The number of benzene rings is 1. The Labute approximate surface area is 136 Å². The molecule has 23 heavy (non-hydrogen) atoms. The summed E-state index contributed by atoms with van der Waals surface area (Å²) >= 11 is 0. The van der Waals surface area contributed by atoms with Crippen molar-refractivity contribution in [2.45, 2.75) is 33.1 Å². The maximum absolute atomic E-state index is 11.9. The molecule has 0 unspecified atom stereocenters. The summed E-state index contributed by atoms with van der Waals surface area (Å²) in [6, 6.07) is 5.21. The van der Waals surface area contributed by atoms with Crippen LogP contribution in [0, 0.1) is 12.8 Å². The van der Waals surface area contributed by atoms with E-state index in [0.717, 1.165) is 5.56 Å². The second-order valence-electron chi connectivity index (χ2n) is 5.94. The molecule has 1 aromatic carbocycles. The third kappa shape index (κ3) is 4.79. The first-order valence-corrected chi connectivity index (χ1v) is 9.48. The molecular formula is C16H22N2O4S. The van der Waals surface area contributed by atoms with Gasteiger partial charge in [0, 0.05) is 12.0 Å². The summed E-state index contributed by atoms with van der Waals surface area (Å²) in [4.78, 5) is 11.9. The second kappa shape index (κ2) is 7.12. The van der Waals surface area contributed by atoms with E-state index in [9.17, 15) is 18.3 Å². The standard InChI is InChI=1S/C16H22N2O4S/c1-3-14(13-8-11(2)4-5-15(13)19)17-18-16(20)9-12-6-7-23(21,22)10-12/h4-5,8,12,19H,3,6-7,9-10H2,1-2H3,(H,18,20)/b17-14+/t12-/m1/s1. The van der Waals surface area contributed by atoms with E-state index in [1.54, 1.807) is 12.1 Å². The molecule has 0 aliphatic carbocycles. The number of amides is 1. The lowest BCUT2D eigenvalue weighted by Gasteiger charge is -2.09. The summed E-state index contributed by atoms with van der Waals surface area (Å²) in [5, 5.41) is 14.0. The van der Waals surface area contributed by atoms with Crippen molar-refractivity contribution in [3.8, 4) is 5.75 Å². The van der Waals surface area contributed by atoms with Gasteiger partial charge < -0.3 is 5.11 Å². The monoisotopic (exact) mass is 338 g/mol. The van der Waals surface area contributed by atoms with Crippen molar-refractivity contribution in [2.75, 3.05) is 11.5 Å². The maximum Gasteiger partial charge on any atom is 0.240 e. The van der Waals surface area contributed by atoms with E-state index in [2.05, 4.69) is 10.5 Å². The molecule has 1 atom stereocenters. The van der Waals surface area contributed by atoms with E-state index < -0.39 is 9.84 Å². The van der Waals surface area contributed by atoms with Gasteiger partial charge in [0.2, 0.25) is 5.91 Å². The summed E-state index contributed by atoms with van der Waals surface area (Å²) < 4.78 is 22.8. The molecule has 2 N–H and O–H groups in total. The zero-order valence-electron chi connectivity index (χ0n) is 13.4. The predicted molar refractivity (Wildman–Crippen MR) is 89.2 cm³/mol. The minimum Gasteiger partial charge on any atom is -0.507 e. The number of carbonyl (C=O) groups is 1. The van der Waals surface area contributed by atoms with Crippen molar-refractivity contribution < 1.29 is 18.3 Å². The third-order valence-corrected chi connectivity index (χ3v) is 5.75. The Morgan fingerprint density at radius 3 is 2.78 bits per heavy atom. The zero-order chi connectivity index (χ0) is 17.0. The van der Waals surface area contributed by atoms with Crippen molar-refractivity contribution in [2.24, 2.45) is 11.0 Å². The van der Waals surface area contributed by atoms with Crippen LogP contribution in [0.3, 0.4) is 0 Å². The number of nitrogens with one attached hydrogen (secondary N) is 1. The number of phenolic OH excluding ortho intramolecular Hbond substituents is 1. The number of nitrogens with zero attached hydrogens (tertiary/aromatic N) is 1. The fourth-order valence-corrected chi connectivity index (χ4v) is 4.54. The summed E-state index contributed by atoms with van der Waals surface area (Å²) in [5.41, 5.74) is 4.64. The second-order valence-corrected chi connectivity index (χ2v) is 8.17. The number of sulfone groups is 1. The Kier molecular flexibility index (Phi) is 5.41. The fourth-order valence-electron chi connectivity index (χ4n) is 2.68. The normalized spacial score (nSPS) is 20.4. The van der Waals surface area contributed by atoms with Crippen molar-refractivity contribution in [3.05, 3.63) is 29.3 Å². The number of hydrogen-bond acceptors (Lipinski definition) is 5. The van der Waals surface area contributed by atoms with Gasteiger partial charge >= 0.3 is 0 Å². The molecule has 1 aliphatic heterocycles. The number of aryl methyl sites for hydroxylation is 1. The molecule has 1 heterocycles. The number of hydrazone groups is 1. The quantitative estimate of drug-likeness (QED) is 0.631. The van der Waals surface area contributed by atoms with Crippen molar-refractivity contribution in [1.29, 1.82) is 0 Å². The molecule has 0 spiro atoms. The van der Waals surface area contributed by atoms with E-state index in [0.29, 0.717) is 24.1 Å². The first-order valence-electron chi connectivity index (χ1n) is 7.66. The molecule has 2 rings (SSSR count). The summed E-state index contributed by atoms with van der Waals surface area (Å²) in [5.74, 6) is -0.0835. The first-order chi connectivity index (χ1) is 10.8. The van der Waals surface area contributed by atoms with E-state index >= 15 is 0 Å². The molecule has 1 saturated heterocycles. The molecule has 126 valence electrons. The van der Waals surface area contributed by atoms with Crippen LogP contribution in [0.2, 0.25) is 0 Å². The molecule has 0 aromatic heterocycles. The van der Waals surface area contributed by atoms with Crippen LogP contribution in [-0.4, -0.2) is 36.6 Å². The smallest absolute Gasteiger partial charge is 0.240 e. The van der Waals surface area contributed by atoms with Gasteiger partial charge in [-0.15, -0.1) is 0 Å². The Hall–Kier alpha value is -1.89. The van der Waals surface area contributed by atoms with Crippen molar-refractivity contribution >= 4 is 21.5 Å². The van der Waals surface area contributed by atoms with Crippen LogP contribution in [0.15, 0.2) is 23.3 Å². The van der Waals surface area contributed by atoms with Crippen LogP contribution >= 0.6 is 0 Å². The number of carbonyl (C=O) groups excluding carboxylic acids is 1. The topological polar surface area (TPSA) is 95.8 Å². The number of aromatic hydroxyl groups is 1. The van der Waals surface area contributed by atoms with E-state index in [1.807, 2.05) is 19.9 Å². The Morgan fingerprint density at radius 2 is 2.17 bits per heavy atom. The highest BCUT2D eigenvalue weighted by molar-refractivity contribution is 7.91. The predicted octanol–water partition coefficient (Wildman–Crippen LogP) is 1.76. The average molecular weight is 338 g/mol. The average Bonchev–Trinajstić information content (AvgIpc) is 2.82. The Morgan fingerprint density at radius 1 is 1.43 bits per heavy atom. The molecule has 1 amide bonds. The van der Waals surface area contributed by atoms with Gasteiger partial charge in [-0.3, -0.25) is 4.79 Å². The fraction of sp³-hybridized carbons (Fsp3) is 0.500. The van der Waals surface area contributed by atoms with Gasteiger partial charge in [-0.05, 0) is 37.8 Å². The molecule has 0 saturated carbocycles. The molecule has 1 fully saturated rings. The summed E-state index contributed by atoms with van der Waals surface area (Å²) in [7, 11) is -2.98. The van der Waals surface area contributed by atoms with Crippen molar-refractivity contribution in [1.82, 2.24) is 5.43 Å². The minimum absolute atomic E-state index is 0.0729. The van der Waals surface area contributed by atoms with Crippen LogP contribution in [0.25, 0.3) is 0 Å². The lowest BCUT2D eigenvalue weighted by molar-refractivity contribution is -0.121. The van der Waals surface area contributed by atoms with E-state index in [-0.39, 0.29) is 35.5 Å². The zero-order valence-corrected chi connectivity index (χ0v) is 14.2. The molecular weight excluding hydrogens is 316 g/mol. The number of hydrogen-bond donors (Lipinski definition) is 2. The largest absolute Gasteiger partial charge is 0.507 e. The van der Waals surface area contributed by atoms with Gasteiger partial charge in [-0.2, -0.15) is 5.10 Å². The first kappa shape index (κ1) is 17.5. The lowest BCUT2D eigenvalue weighted by atomic mass is 10.0. The van der Waals surface area contributed by atoms with Gasteiger partial charge in [0.05, 0.1) is 17.2 Å². The molecule has 1 aliphatic rings. The highest BCUT2D eigenvalue weighted by Gasteiger charge is 2.29. The van der Waals surface area contributed by atoms with Crippen LogP contribution in [0.1, 0.15) is 37.3 Å². The Bertz CT molecular complexity index is 726. The van der Waals surface area contributed by atoms with Crippen LogP contribution in [-0.2, 0) is 14.6 Å². The highest BCUT2D eigenvalue weighted by Crippen LogP contribution is 2.22. The van der Waals surface area contributed by atoms with Gasteiger partial charge in [0.1, 0.15) is 5.75 Å². The maximum atomic E-state index is 11.9. The van der Waals surface area contributed by atoms with Crippen molar-refractivity contribution in [3.63, 3.8) is 0 Å². The van der Waals surface area contributed by atoms with Crippen LogP contribution < -0.4 is 5.43 Å². The highest BCUT2D eigenvalue weighted by atomic mass is 32.2. The van der Waals surface area contributed by atoms with Gasteiger partial charge in [0.15, 0.2) is 9.84 Å². The molecule has 1 aromatic rings. The molecule has 0 radical (unpaired) electrons. The SMILES string of the molecule is CC/C(=N\NC(=O)C[C@H]1CCS(=O)(=O)C1)c1cc(C)ccc1O.